The number of nitrogens with zero attached hydrogens (tertiary/aromatic N) is 4. The molecule has 0 bridgehead atoms. The quantitative estimate of drug-likeness (QED) is 0.461. The van der Waals surface area contributed by atoms with E-state index in [1.165, 1.54) is 10.4 Å². The van der Waals surface area contributed by atoms with Crippen LogP contribution in [0.25, 0.3) is 15.4 Å². The lowest BCUT2D eigenvalue weighted by Gasteiger charge is -2.09. The van der Waals surface area contributed by atoms with Crippen molar-refractivity contribution in [1.29, 1.82) is 0 Å². The van der Waals surface area contributed by atoms with Gasteiger partial charge in [-0.05, 0) is 28.6 Å². The molecule has 0 radical (unpaired) electrons. The van der Waals surface area contributed by atoms with Crippen LogP contribution in [0.3, 0.4) is 0 Å². The smallest absolute Gasteiger partial charge is 0.187 e. The first kappa shape index (κ1) is 16.2. The lowest BCUT2D eigenvalue weighted by Crippen LogP contribution is -2.04. The largest absolute Gasteiger partial charge is 0.330 e. The second-order valence-electron chi connectivity index (χ2n) is 6.00. The monoisotopic (exact) mass is 356 g/mol. The lowest BCUT2D eigenvalue weighted by atomic mass is 10.1. The summed E-state index contributed by atoms with van der Waals surface area (Å²) in [6.45, 7) is 7.78. The van der Waals surface area contributed by atoms with Gasteiger partial charge in [-0.15, -0.1) is 11.3 Å². The fraction of sp³-hybridized carbons (Fsp3) is 0.0952. The Morgan fingerprint density at radius 3 is 2.54 bits per heavy atom. The minimum absolute atomic E-state index is 0.666. The van der Waals surface area contributed by atoms with Gasteiger partial charge in [0, 0.05) is 24.5 Å². The van der Waals surface area contributed by atoms with Crippen LogP contribution in [-0.4, -0.2) is 14.5 Å². The fourth-order valence-electron chi connectivity index (χ4n) is 2.82. The number of aromatic nitrogens is 3. The van der Waals surface area contributed by atoms with Crippen molar-refractivity contribution in [1.82, 2.24) is 14.5 Å². The summed E-state index contributed by atoms with van der Waals surface area (Å²) in [5.41, 5.74) is 5.13. The van der Waals surface area contributed by atoms with Gasteiger partial charge in [0.15, 0.2) is 5.69 Å². The summed E-state index contributed by atoms with van der Waals surface area (Å²) in [7, 11) is 0. The molecule has 126 valence electrons. The SMILES string of the molecule is [C-]#[N+]c1ccc(Cc2cncn2Cc2ccc(-c3cccs3)nc2)cc1. The van der Waals surface area contributed by atoms with Crippen LogP contribution in [0.2, 0.25) is 0 Å². The standard InChI is InChI=1S/C21H16N4S/c1-22-18-7-4-16(5-8-18)11-19-13-23-15-25(19)14-17-6-9-20(24-12-17)21-3-2-10-26-21/h2-10,12-13,15H,11,14H2. The Morgan fingerprint density at radius 2 is 1.85 bits per heavy atom. The fourth-order valence-corrected chi connectivity index (χ4v) is 3.52. The van der Waals surface area contributed by atoms with Gasteiger partial charge in [0.1, 0.15) is 0 Å². The Bertz CT molecular complexity index is 1020. The zero-order valence-corrected chi connectivity index (χ0v) is 14.9. The van der Waals surface area contributed by atoms with Crippen molar-refractivity contribution in [2.75, 3.05) is 0 Å². The average Bonchev–Trinajstić information content (AvgIpc) is 3.36. The van der Waals surface area contributed by atoms with Crippen LogP contribution in [-0.2, 0) is 13.0 Å². The molecule has 4 nitrogen and oxygen atoms in total. The molecule has 1 aromatic carbocycles. The number of thiophene rings is 1. The van der Waals surface area contributed by atoms with E-state index in [0.717, 1.165) is 29.9 Å². The van der Waals surface area contributed by atoms with E-state index in [4.69, 9.17) is 6.57 Å². The molecule has 0 aliphatic rings. The van der Waals surface area contributed by atoms with Gasteiger partial charge in [0.2, 0.25) is 0 Å². The van der Waals surface area contributed by atoms with Crippen LogP contribution >= 0.6 is 11.3 Å². The number of hydrogen-bond acceptors (Lipinski definition) is 3. The molecule has 0 saturated carbocycles. The van der Waals surface area contributed by atoms with Crippen LogP contribution < -0.4 is 0 Å². The Balaban J connectivity index is 1.49. The van der Waals surface area contributed by atoms with Gasteiger partial charge in [0.25, 0.3) is 0 Å². The molecule has 26 heavy (non-hydrogen) atoms. The van der Waals surface area contributed by atoms with Gasteiger partial charge >= 0.3 is 0 Å². The van der Waals surface area contributed by atoms with Crippen molar-refractivity contribution in [3.8, 4) is 10.6 Å². The lowest BCUT2D eigenvalue weighted by molar-refractivity contribution is 0.751. The molecule has 0 unspecified atom stereocenters. The predicted octanol–water partition coefficient (Wildman–Crippen LogP) is 5.20. The van der Waals surface area contributed by atoms with Gasteiger partial charge in [0.05, 0.1) is 30.0 Å². The molecule has 0 amide bonds. The van der Waals surface area contributed by atoms with Crippen molar-refractivity contribution in [3.05, 3.63) is 101 Å². The molecule has 0 aliphatic carbocycles. The summed E-state index contributed by atoms with van der Waals surface area (Å²) >= 11 is 1.70. The maximum atomic E-state index is 7.04. The van der Waals surface area contributed by atoms with E-state index in [2.05, 4.69) is 43.0 Å². The van der Waals surface area contributed by atoms with Gasteiger partial charge in [-0.2, -0.15) is 0 Å². The topological polar surface area (TPSA) is 35.1 Å². The Hall–Kier alpha value is -3.23. The van der Waals surface area contributed by atoms with E-state index in [1.54, 1.807) is 11.3 Å². The van der Waals surface area contributed by atoms with E-state index in [9.17, 15) is 0 Å². The molecule has 0 saturated heterocycles. The minimum atomic E-state index is 0.666. The predicted molar refractivity (Wildman–Crippen MR) is 104 cm³/mol. The van der Waals surface area contributed by atoms with E-state index >= 15 is 0 Å². The molecule has 3 heterocycles. The first-order valence-electron chi connectivity index (χ1n) is 8.26. The van der Waals surface area contributed by atoms with E-state index in [0.29, 0.717) is 5.69 Å². The Labute approximate surface area is 156 Å². The normalized spacial score (nSPS) is 10.6. The van der Waals surface area contributed by atoms with Gasteiger partial charge < -0.3 is 4.57 Å². The highest BCUT2D eigenvalue weighted by atomic mass is 32.1. The maximum Gasteiger partial charge on any atom is 0.187 e. The van der Waals surface area contributed by atoms with Crippen molar-refractivity contribution in [2.45, 2.75) is 13.0 Å². The highest BCUT2D eigenvalue weighted by Crippen LogP contribution is 2.23. The van der Waals surface area contributed by atoms with E-state index in [-0.39, 0.29) is 0 Å². The molecule has 5 heteroatoms. The zero-order chi connectivity index (χ0) is 17.8. The summed E-state index contributed by atoms with van der Waals surface area (Å²) in [5, 5.41) is 2.06. The first-order valence-corrected chi connectivity index (χ1v) is 9.14. The second-order valence-corrected chi connectivity index (χ2v) is 6.94. The molecule has 0 atom stereocenters. The molecule has 4 rings (SSSR count). The number of imidazole rings is 1. The minimum Gasteiger partial charge on any atom is -0.330 e. The summed E-state index contributed by atoms with van der Waals surface area (Å²) in [6.07, 6.45) is 6.48. The average molecular weight is 356 g/mol. The van der Waals surface area contributed by atoms with E-state index < -0.39 is 0 Å². The first-order chi connectivity index (χ1) is 12.8. The Kier molecular flexibility index (Phi) is 4.59. The number of rotatable bonds is 5. The van der Waals surface area contributed by atoms with Crippen molar-refractivity contribution in [2.24, 2.45) is 0 Å². The van der Waals surface area contributed by atoms with Crippen LogP contribution in [0.5, 0.6) is 0 Å². The highest BCUT2D eigenvalue weighted by Gasteiger charge is 2.06. The number of hydrogen-bond donors (Lipinski definition) is 0. The van der Waals surface area contributed by atoms with Crippen LogP contribution in [0.15, 0.2) is 72.6 Å². The third-order valence-corrected chi connectivity index (χ3v) is 5.09. The highest BCUT2D eigenvalue weighted by molar-refractivity contribution is 7.13. The van der Waals surface area contributed by atoms with Crippen LogP contribution in [0, 0.1) is 6.57 Å². The third-order valence-electron chi connectivity index (χ3n) is 4.20. The van der Waals surface area contributed by atoms with Crippen LogP contribution in [0.4, 0.5) is 5.69 Å². The molecule has 0 N–H and O–H groups in total. The molecule has 4 aromatic rings. The van der Waals surface area contributed by atoms with Crippen molar-refractivity contribution < 1.29 is 0 Å². The Morgan fingerprint density at radius 1 is 1.00 bits per heavy atom. The second kappa shape index (κ2) is 7.34. The summed E-state index contributed by atoms with van der Waals surface area (Å²) in [4.78, 5) is 13.5. The van der Waals surface area contributed by atoms with Gasteiger partial charge in [-0.3, -0.25) is 4.98 Å². The molecular formula is C21H16N4S. The summed E-state index contributed by atoms with van der Waals surface area (Å²) in [5.74, 6) is 0. The van der Waals surface area contributed by atoms with Gasteiger partial charge in [-0.1, -0.05) is 36.4 Å². The molecular weight excluding hydrogens is 340 g/mol. The van der Waals surface area contributed by atoms with Gasteiger partial charge in [-0.25, -0.2) is 9.83 Å². The molecule has 3 aromatic heterocycles. The van der Waals surface area contributed by atoms with Crippen molar-refractivity contribution in [3.63, 3.8) is 0 Å². The molecule has 0 spiro atoms. The van der Waals surface area contributed by atoms with E-state index in [1.807, 2.05) is 49.1 Å². The maximum absolute atomic E-state index is 7.04. The number of benzene rings is 1. The van der Waals surface area contributed by atoms with Crippen molar-refractivity contribution >= 4 is 17.0 Å². The molecule has 0 fully saturated rings. The van der Waals surface area contributed by atoms with Crippen LogP contribution in [0.1, 0.15) is 16.8 Å². The summed E-state index contributed by atoms with van der Waals surface area (Å²) in [6, 6.07) is 16.0. The molecule has 0 aliphatic heterocycles. The summed E-state index contributed by atoms with van der Waals surface area (Å²) < 4.78 is 2.14. The number of pyridine rings is 1. The zero-order valence-electron chi connectivity index (χ0n) is 14.0. The third kappa shape index (κ3) is 3.56.